The van der Waals surface area contributed by atoms with Crippen molar-refractivity contribution in [3.8, 4) is 0 Å². The fourth-order valence-electron chi connectivity index (χ4n) is 3.48. The number of halogens is 1. The predicted octanol–water partition coefficient (Wildman–Crippen LogP) is 1.91. The highest BCUT2D eigenvalue weighted by molar-refractivity contribution is 6.31. The van der Waals surface area contributed by atoms with Gasteiger partial charge in [0.25, 0.3) is 0 Å². The Morgan fingerprint density at radius 3 is 2.81 bits per heavy atom. The fourth-order valence-corrected chi connectivity index (χ4v) is 3.65. The molecule has 0 atom stereocenters. The largest absolute Gasteiger partial charge is 0.361 e. The first-order valence-electron chi connectivity index (χ1n) is 7.72. The number of H-pyrrole nitrogens is 1. The number of rotatable bonds is 3. The Hall–Kier alpha value is -1.07. The molecule has 21 heavy (non-hydrogen) atoms. The molecule has 4 nitrogen and oxygen atoms in total. The number of aromatic amines is 1. The highest BCUT2D eigenvalue weighted by Crippen LogP contribution is 2.25. The predicted molar refractivity (Wildman–Crippen MR) is 86.8 cm³/mol. The fraction of sp³-hybridized carbons (Fsp3) is 0.500. The summed E-state index contributed by atoms with van der Waals surface area (Å²) in [6.07, 6.45) is 2.12. The summed E-state index contributed by atoms with van der Waals surface area (Å²) >= 11 is 6.04. The van der Waals surface area contributed by atoms with Crippen LogP contribution in [0.15, 0.2) is 24.4 Å². The van der Waals surface area contributed by atoms with Crippen molar-refractivity contribution in [2.24, 2.45) is 0 Å². The van der Waals surface area contributed by atoms with Crippen molar-refractivity contribution in [2.45, 2.75) is 12.6 Å². The van der Waals surface area contributed by atoms with Crippen molar-refractivity contribution >= 4 is 22.5 Å². The molecule has 0 spiro atoms. The molecule has 4 rings (SSSR count). The van der Waals surface area contributed by atoms with E-state index in [1.165, 1.54) is 37.1 Å². The van der Waals surface area contributed by atoms with E-state index in [1.54, 1.807) is 0 Å². The maximum atomic E-state index is 6.04. The summed E-state index contributed by atoms with van der Waals surface area (Å²) in [7, 11) is 0. The molecule has 0 aliphatic carbocycles. The van der Waals surface area contributed by atoms with Gasteiger partial charge in [0, 0.05) is 74.0 Å². The van der Waals surface area contributed by atoms with Gasteiger partial charge >= 0.3 is 0 Å². The van der Waals surface area contributed by atoms with Gasteiger partial charge in [-0.15, -0.1) is 0 Å². The lowest BCUT2D eigenvalue weighted by molar-refractivity contribution is 0.0225. The highest BCUT2D eigenvalue weighted by atomic mass is 35.5. The first kappa shape index (κ1) is 13.6. The summed E-state index contributed by atoms with van der Waals surface area (Å²) in [5, 5.41) is 5.51. The van der Waals surface area contributed by atoms with Gasteiger partial charge in [0.1, 0.15) is 0 Å². The Kier molecular flexibility index (Phi) is 3.63. The Balaban J connectivity index is 1.38. The lowest BCUT2D eigenvalue weighted by Gasteiger charge is -2.46. The molecule has 0 saturated carbocycles. The lowest BCUT2D eigenvalue weighted by atomic mass is 10.0. The van der Waals surface area contributed by atoms with Crippen LogP contribution in [0, 0.1) is 0 Å². The number of nitrogens with zero attached hydrogens (tertiary/aromatic N) is 2. The summed E-state index contributed by atoms with van der Waals surface area (Å²) in [5.41, 5.74) is 2.51. The third kappa shape index (κ3) is 2.69. The number of hydrogen-bond donors (Lipinski definition) is 2. The monoisotopic (exact) mass is 304 g/mol. The minimum Gasteiger partial charge on any atom is -0.361 e. The van der Waals surface area contributed by atoms with Crippen LogP contribution in [0.3, 0.4) is 0 Å². The summed E-state index contributed by atoms with van der Waals surface area (Å²) < 4.78 is 0. The summed E-state index contributed by atoms with van der Waals surface area (Å²) in [6.45, 7) is 8.10. The molecule has 0 unspecified atom stereocenters. The number of fused-ring (bicyclic) bond motifs is 1. The van der Waals surface area contributed by atoms with Gasteiger partial charge in [-0.25, -0.2) is 0 Å². The van der Waals surface area contributed by atoms with Gasteiger partial charge in [0.15, 0.2) is 0 Å². The topological polar surface area (TPSA) is 34.3 Å². The van der Waals surface area contributed by atoms with Gasteiger partial charge in [-0.3, -0.25) is 9.80 Å². The molecule has 3 heterocycles. The SMILES string of the molecule is Clc1ccc2c(CN3CC(N4CCNCC4)C3)c[nH]c2c1. The third-order valence-corrected chi connectivity index (χ3v) is 4.96. The first-order valence-corrected chi connectivity index (χ1v) is 8.10. The molecule has 0 bridgehead atoms. The molecule has 0 amide bonds. The van der Waals surface area contributed by atoms with E-state index in [0.717, 1.165) is 36.2 Å². The molecule has 112 valence electrons. The van der Waals surface area contributed by atoms with Crippen molar-refractivity contribution < 1.29 is 0 Å². The molecular weight excluding hydrogens is 284 g/mol. The van der Waals surface area contributed by atoms with Crippen molar-refractivity contribution in [1.82, 2.24) is 20.1 Å². The van der Waals surface area contributed by atoms with Crippen LogP contribution in [0.1, 0.15) is 5.56 Å². The average Bonchev–Trinajstić information content (AvgIpc) is 2.85. The summed E-state index contributed by atoms with van der Waals surface area (Å²) in [4.78, 5) is 8.49. The second-order valence-electron chi connectivity index (χ2n) is 6.14. The van der Waals surface area contributed by atoms with Gasteiger partial charge in [0.05, 0.1) is 0 Å². The Morgan fingerprint density at radius 2 is 2.00 bits per heavy atom. The number of aromatic nitrogens is 1. The van der Waals surface area contributed by atoms with Crippen molar-refractivity contribution in [3.63, 3.8) is 0 Å². The maximum absolute atomic E-state index is 6.04. The molecule has 1 aromatic carbocycles. The van der Waals surface area contributed by atoms with Crippen LogP contribution in [-0.4, -0.2) is 60.1 Å². The van der Waals surface area contributed by atoms with Gasteiger partial charge < -0.3 is 10.3 Å². The molecule has 1 aromatic heterocycles. The maximum Gasteiger partial charge on any atom is 0.0472 e. The summed E-state index contributed by atoms with van der Waals surface area (Å²) in [5.74, 6) is 0. The molecule has 2 saturated heterocycles. The van der Waals surface area contributed by atoms with E-state index in [-0.39, 0.29) is 0 Å². The number of piperazine rings is 1. The second-order valence-corrected chi connectivity index (χ2v) is 6.57. The van der Waals surface area contributed by atoms with E-state index < -0.39 is 0 Å². The Labute approximate surface area is 130 Å². The third-order valence-electron chi connectivity index (χ3n) is 4.73. The molecule has 0 radical (unpaired) electrons. The van der Waals surface area contributed by atoms with Gasteiger partial charge in [-0.2, -0.15) is 0 Å². The van der Waals surface area contributed by atoms with E-state index in [0.29, 0.717) is 0 Å². The van der Waals surface area contributed by atoms with Crippen LogP contribution >= 0.6 is 11.6 Å². The summed E-state index contributed by atoms with van der Waals surface area (Å²) in [6, 6.07) is 6.85. The smallest absolute Gasteiger partial charge is 0.0472 e. The molecule has 2 aliphatic heterocycles. The number of nitrogens with one attached hydrogen (secondary N) is 2. The molecule has 2 aromatic rings. The quantitative estimate of drug-likeness (QED) is 0.909. The molecule has 2 aliphatic rings. The molecule has 5 heteroatoms. The highest BCUT2D eigenvalue weighted by Gasteiger charge is 2.32. The van der Waals surface area contributed by atoms with E-state index in [1.807, 2.05) is 12.1 Å². The van der Waals surface area contributed by atoms with Crippen LogP contribution in [0.2, 0.25) is 5.02 Å². The number of hydrogen-bond acceptors (Lipinski definition) is 3. The zero-order valence-corrected chi connectivity index (χ0v) is 12.9. The lowest BCUT2D eigenvalue weighted by Crippen LogP contribution is -2.62. The standard InChI is InChI=1S/C16H21ClN4/c17-13-1-2-15-12(8-19-16(15)7-13)9-20-10-14(11-20)21-5-3-18-4-6-21/h1-2,7-8,14,18-19H,3-6,9-11H2. The molecule has 2 fully saturated rings. The number of benzene rings is 1. The van der Waals surface area contributed by atoms with E-state index in [4.69, 9.17) is 11.6 Å². The van der Waals surface area contributed by atoms with Gasteiger partial charge in [0.2, 0.25) is 0 Å². The van der Waals surface area contributed by atoms with Crippen LogP contribution < -0.4 is 5.32 Å². The van der Waals surface area contributed by atoms with Crippen molar-refractivity contribution in [2.75, 3.05) is 39.3 Å². The van der Waals surface area contributed by atoms with Gasteiger partial charge in [-0.1, -0.05) is 17.7 Å². The zero-order chi connectivity index (χ0) is 14.2. The van der Waals surface area contributed by atoms with E-state index in [9.17, 15) is 0 Å². The minimum atomic E-state index is 0.756. The second kappa shape index (κ2) is 5.61. The van der Waals surface area contributed by atoms with E-state index >= 15 is 0 Å². The molecular formula is C16H21ClN4. The molecule has 2 N–H and O–H groups in total. The van der Waals surface area contributed by atoms with Crippen LogP contribution in [-0.2, 0) is 6.54 Å². The van der Waals surface area contributed by atoms with Gasteiger partial charge in [-0.05, 0) is 17.7 Å². The van der Waals surface area contributed by atoms with E-state index in [2.05, 4.69) is 32.4 Å². The average molecular weight is 305 g/mol. The normalized spacial score (nSPS) is 21.8. The van der Waals surface area contributed by atoms with Crippen molar-refractivity contribution in [3.05, 3.63) is 35.0 Å². The van der Waals surface area contributed by atoms with Crippen LogP contribution in [0.5, 0.6) is 0 Å². The Morgan fingerprint density at radius 1 is 1.19 bits per heavy atom. The first-order chi connectivity index (χ1) is 10.3. The minimum absolute atomic E-state index is 0.756. The van der Waals surface area contributed by atoms with Crippen LogP contribution in [0.4, 0.5) is 0 Å². The number of likely N-dealkylation sites (tertiary alicyclic amines) is 1. The van der Waals surface area contributed by atoms with Crippen molar-refractivity contribution in [1.29, 1.82) is 0 Å². The Bertz CT molecular complexity index is 626. The van der Waals surface area contributed by atoms with Crippen LogP contribution in [0.25, 0.3) is 10.9 Å². The zero-order valence-electron chi connectivity index (χ0n) is 12.1.